The summed E-state index contributed by atoms with van der Waals surface area (Å²) in [6.45, 7) is 4.58. The number of thiophene rings is 1. The van der Waals surface area contributed by atoms with E-state index in [9.17, 15) is 9.59 Å². The fourth-order valence-corrected chi connectivity index (χ4v) is 8.49. The number of esters is 1. The lowest BCUT2D eigenvalue weighted by molar-refractivity contribution is -0.139. The summed E-state index contributed by atoms with van der Waals surface area (Å²) < 4.78 is 15.7. The molecule has 10 heteroatoms. The van der Waals surface area contributed by atoms with Gasteiger partial charge in [-0.05, 0) is 99.3 Å². The topological polar surface area (TPSA) is 69.9 Å². The summed E-state index contributed by atoms with van der Waals surface area (Å²) in [5.74, 6) is 0.405. The van der Waals surface area contributed by atoms with E-state index in [0.29, 0.717) is 33.6 Å². The summed E-state index contributed by atoms with van der Waals surface area (Å²) in [5.41, 5.74) is 2.97. The van der Waals surface area contributed by atoms with Crippen LogP contribution in [0.1, 0.15) is 48.7 Å². The second-order valence-corrected chi connectivity index (χ2v) is 13.3. The molecule has 1 aliphatic rings. The molecule has 40 heavy (non-hydrogen) atoms. The molecule has 0 fully saturated rings. The Bertz CT molecular complexity index is 1720. The van der Waals surface area contributed by atoms with Gasteiger partial charge in [0.15, 0.2) is 4.80 Å². The first kappa shape index (κ1) is 29.2. The number of halogens is 2. The molecule has 1 unspecified atom stereocenters. The Morgan fingerprint density at radius 3 is 2.50 bits per heavy atom. The number of carbonyl (C=O) groups is 1. The maximum absolute atomic E-state index is 13.9. The van der Waals surface area contributed by atoms with Gasteiger partial charge in [-0.15, -0.1) is 11.3 Å². The molecule has 1 atom stereocenters. The quantitative estimate of drug-likeness (QED) is 0.145. The van der Waals surface area contributed by atoms with Crippen LogP contribution in [-0.4, -0.2) is 17.1 Å². The second kappa shape index (κ2) is 13.1. The summed E-state index contributed by atoms with van der Waals surface area (Å²) in [6, 6.07) is 17.4. The minimum absolute atomic E-state index is 0.172. The van der Waals surface area contributed by atoms with Crippen LogP contribution in [0.4, 0.5) is 0 Å². The number of ether oxygens (including phenoxy) is 2. The Morgan fingerprint density at radius 1 is 1.10 bits per heavy atom. The van der Waals surface area contributed by atoms with Crippen LogP contribution in [0.5, 0.6) is 5.75 Å². The Kier molecular flexibility index (Phi) is 9.59. The highest BCUT2D eigenvalue weighted by molar-refractivity contribution is 14.1. The molecule has 0 bridgehead atoms. The number of aromatic nitrogens is 1. The lowest BCUT2D eigenvalue weighted by Crippen LogP contribution is -2.39. The van der Waals surface area contributed by atoms with E-state index in [-0.39, 0.29) is 12.2 Å². The van der Waals surface area contributed by atoms with E-state index < -0.39 is 12.0 Å². The molecule has 0 N–H and O–H groups in total. The Balaban J connectivity index is 1.57. The van der Waals surface area contributed by atoms with Gasteiger partial charge in [0, 0.05) is 4.88 Å². The van der Waals surface area contributed by atoms with Gasteiger partial charge in [-0.2, -0.15) is 0 Å². The summed E-state index contributed by atoms with van der Waals surface area (Å²) in [5, 5.41) is 1.96. The smallest absolute Gasteiger partial charge is 0.338 e. The fraction of sp³-hybridized carbons (Fsp3) is 0.233. The van der Waals surface area contributed by atoms with Crippen molar-refractivity contribution in [1.82, 2.24) is 4.57 Å². The fourth-order valence-electron chi connectivity index (χ4n) is 4.52. The summed E-state index contributed by atoms with van der Waals surface area (Å²) in [4.78, 5) is 33.4. The largest absolute Gasteiger partial charge is 0.487 e. The van der Waals surface area contributed by atoms with Gasteiger partial charge in [-0.3, -0.25) is 9.36 Å². The average Bonchev–Trinajstić information content (AvgIpc) is 3.57. The van der Waals surface area contributed by atoms with E-state index in [2.05, 4.69) is 52.1 Å². The normalized spacial score (nSPS) is 15.1. The molecule has 0 saturated heterocycles. The van der Waals surface area contributed by atoms with E-state index >= 15 is 0 Å². The molecule has 5 rings (SSSR count). The van der Waals surface area contributed by atoms with Gasteiger partial charge in [0.05, 0.1) is 29.5 Å². The zero-order chi connectivity index (χ0) is 28.2. The van der Waals surface area contributed by atoms with Gasteiger partial charge >= 0.3 is 5.97 Å². The minimum Gasteiger partial charge on any atom is -0.487 e. The van der Waals surface area contributed by atoms with Gasteiger partial charge < -0.3 is 9.47 Å². The van der Waals surface area contributed by atoms with Crippen LogP contribution in [0.2, 0.25) is 0 Å². The number of thiazole rings is 1. The van der Waals surface area contributed by atoms with Crippen LogP contribution in [0, 0.1) is 7.14 Å². The highest BCUT2D eigenvalue weighted by Crippen LogP contribution is 2.35. The number of nitrogens with zero attached hydrogens (tertiary/aromatic N) is 2. The summed E-state index contributed by atoms with van der Waals surface area (Å²) in [6.07, 6.45) is 3.35. The average molecular weight is 796 g/mol. The molecule has 0 saturated carbocycles. The predicted octanol–water partition coefficient (Wildman–Crippen LogP) is 6.43. The highest BCUT2D eigenvalue weighted by Gasteiger charge is 2.34. The molecule has 2 aromatic carbocycles. The first-order valence-electron chi connectivity index (χ1n) is 12.8. The van der Waals surface area contributed by atoms with E-state index in [1.807, 2.05) is 66.1 Å². The molecule has 4 aromatic rings. The van der Waals surface area contributed by atoms with Crippen molar-refractivity contribution in [3.8, 4) is 5.75 Å². The first-order valence-corrected chi connectivity index (χ1v) is 16.7. The Labute approximate surface area is 267 Å². The van der Waals surface area contributed by atoms with Crippen molar-refractivity contribution in [2.24, 2.45) is 4.99 Å². The van der Waals surface area contributed by atoms with E-state index in [1.54, 1.807) is 11.5 Å². The van der Waals surface area contributed by atoms with E-state index in [4.69, 9.17) is 14.5 Å². The SMILES string of the molecule is CCCC1=C(C(=O)OCC)C(c2cccs2)n2c(s/c(=C\c3cc(I)c(OCc4ccccc4)c(I)c3)c2=O)=N1. The van der Waals surface area contributed by atoms with Gasteiger partial charge in [0.2, 0.25) is 0 Å². The molecule has 2 aromatic heterocycles. The number of allylic oxidation sites excluding steroid dienone is 1. The lowest BCUT2D eigenvalue weighted by atomic mass is 9.99. The molecular formula is C30H26I2N2O4S2. The predicted molar refractivity (Wildman–Crippen MR) is 177 cm³/mol. The van der Waals surface area contributed by atoms with Gasteiger partial charge in [-0.1, -0.05) is 61.1 Å². The van der Waals surface area contributed by atoms with E-state index in [1.165, 1.54) is 22.7 Å². The van der Waals surface area contributed by atoms with Gasteiger partial charge in [0.25, 0.3) is 5.56 Å². The zero-order valence-electron chi connectivity index (χ0n) is 21.9. The highest BCUT2D eigenvalue weighted by atomic mass is 127. The third kappa shape index (κ3) is 6.14. The van der Waals surface area contributed by atoms with Crippen LogP contribution in [0.15, 0.2) is 81.0 Å². The first-order chi connectivity index (χ1) is 19.4. The van der Waals surface area contributed by atoms with Crippen molar-refractivity contribution in [3.63, 3.8) is 0 Å². The maximum Gasteiger partial charge on any atom is 0.338 e. The van der Waals surface area contributed by atoms with Crippen molar-refractivity contribution in [3.05, 3.63) is 114 Å². The number of benzene rings is 2. The molecule has 6 nitrogen and oxygen atoms in total. The van der Waals surface area contributed by atoms with Crippen molar-refractivity contribution >= 4 is 79.9 Å². The number of hydrogen-bond donors (Lipinski definition) is 0. The molecule has 0 radical (unpaired) electrons. The maximum atomic E-state index is 13.9. The third-order valence-corrected chi connectivity index (χ3v) is 9.76. The Hall–Kier alpha value is -2.29. The molecule has 206 valence electrons. The Morgan fingerprint density at radius 2 is 1.85 bits per heavy atom. The number of fused-ring (bicyclic) bond motifs is 1. The summed E-state index contributed by atoms with van der Waals surface area (Å²) >= 11 is 7.42. The third-order valence-electron chi connectivity index (χ3n) is 6.25. The molecule has 1 aliphatic heterocycles. The molecule has 0 amide bonds. The van der Waals surface area contributed by atoms with Crippen LogP contribution in [0.3, 0.4) is 0 Å². The molecular weight excluding hydrogens is 770 g/mol. The summed E-state index contributed by atoms with van der Waals surface area (Å²) in [7, 11) is 0. The monoisotopic (exact) mass is 796 g/mol. The van der Waals surface area contributed by atoms with Crippen LogP contribution < -0.4 is 19.6 Å². The van der Waals surface area contributed by atoms with Crippen molar-refractivity contribution in [1.29, 1.82) is 0 Å². The minimum atomic E-state index is -0.562. The van der Waals surface area contributed by atoms with Gasteiger partial charge in [-0.25, -0.2) is 9.79 Å². The zero-order valence-corrected chi connectivity index (χ0v) is 27.8. The van der Waals surface area contributed by atoms with Gasteiger partial charge in [0.1, 0.15) is 18.4 Å². The van der Waals surface area contributed by atoms with Crippen molar-refractivity contribution < 1.29 is 14.3 Å². The number of rotatable bonds is 9. The lowest BCUT2D eigenvalue weighted by Gasteiger charge is -2.24. The second-order valence-electron chi connectivity index (χ2n) is 9.02. The standard InChI is InChI=1S/C30H26I2N2O4S2/c1-3-9-22-25(29(36)37-4-2)26(23-12-8-13-39-23)34-28(35)24(40-30(34)33-22)16-19-14-20(31)27(21(32)15-19)38-17-18-10-6-5-7-11-18/h5-8,10-16,26H,3-4,9,17H2,1-2H3/b24-16-. The molecule has 0 spiro atoms. The van der Waals surface area contributed by atoms with Crippen molar-refractivity contribution in [2.75, 3.05) is 6.61 Å². The van der Waals surface area contributed by atoms with Crippen LogP contribution in [-0.2, 0) is 16.1 Å². The number of hydrogen-bond acceptors (Lipinski definition) is 7. The van der Waals surface area contributed by atoms with Crippen LogP contribution >= 0.6 is 67.9 Å². The molecule has 0 aliphatic carbocycles. The number of carbonyl (C=O) groups excluding carboxylic acids is 1. The molecule has 3 heterocycles. The van der Waals surface area contributed by atoms with E-state index in [0.717, 1.165) is 35.3 Å². The van der Waals surface area contributed by atoms with Crippen molar-refractivity contribution in [2.45, 2.75) is 39.3 Å². The van der Waals surface area contributed by atoms with Crippen LogP contribution in [0.25, 0.3) is 6.08 Å².